The van der Waals surface area contributed by atoms with Gasteiger partial charge in [-0.1, -0.05) is 15.9 Å². The van der Waals surface area contributed by atoms with Gasteiger partial charge in [0.05, 0.1) is 5.69 Å². The van der Waals surface area contributed by atoms with Crippen molar-refractivity contribution in [2.24, 2.45) is 0 Å². The van der Waals surface area contributed by atoms with Gasteiger partial charge in [-0.05, 0) is 47.0 Å². The molecule has 0 aromatic heterocycles. The van der Waals surface area contributed by atoms with Gasteiger partial charge < -0.3 is 9.80 Å². The van der Waals surface area contributed by atoms with Gasteiger partial charge in [-0.15, -0.1) is 0 Å². The van der Waals surface area contributed by atoms with E-state index >= 15 is 0 Å². The highest BCUT2D eigenvalue weighted by molar-refractivity contribution is 9.11. The summed E-state index contributed by atoms with van der Waals surface area (Å²) in [6.45, 7) is 1.16. The molecule has 4 nitrogen and oxygen atoms in total. The molecule has 0 N–H and O–H groups in total. The molecular weight excluding hydrogens is 388 g/mol. The van der Waals surface area contributed by atoms with Gasteiger partial charge in [0.2, 0.25) is 11.8 Å². The molecule has 1 atom stereocenters. The molecule has 3 rings (SSSR count). The molecule has 0 spiro atoms. The molecule has 2 amide bonds. The van der Waals surface area contributed by atoms with E-state index in [9.17, 15) is 9.59 Å². The first-order valence-corrected chi connectivity index (χ1v) is 8.22. The number of amides is 2. The molecule has 2 heterocycles. The second-order valence-electron chi connectivity index (χ2n) is 5.08. The Morgan fingerprint density at radius 3 is 2.70 bits per heavy atom. The van der Waals surface area contributed by atoms with Crippen molar-refractivity contribution in [3.05, 3.63) is 27.1 Å². The number of carbonyl (C=O) groups excluding carboxylic acids is 2. The smallest absolute Gasteiger partial charge is 0.249 e. The highest BCUT2D eigenvalue weighted by Gasteiger charge is 2.39. The summed E-state index contributed by atoms with van der Waals surface area (Å²) in [6, 6.07) is 5.45. The van der Waals surface area contributed by atoms with Gasteiger partial charge in [-0.25, -0.2) is 0 Å². The SMILES string of the molecule is O=C1C2CCCN2C(=O)CCN1c1ccc(Br)cc1Br. The van der Waals surface area contributed by atoms with Crippen molar-refractivity contribution < 1.29 is 9.59 Å². The van der Waals surface area contributed by atoms with E-state index in [1.807, 2.05) is 18.2 Å². The van der Waals surface area contributed by atoms with E-state index in [4.69, 9.17) is 0 Å². The van der Waals surface area contributed by atoms with Crippen LogP contribution in [0.1, 0.15) is 19.3 Å². The first kappa shape index (κ1) is 14.1. The normalized spacial score (nSPS) is 23.0. The van der Waals surface area contributed by atoms with E-state index in [0.717, 1.165) is 27.5 Å². The molecule has 2 fully saturated rings. The van der Waals surface area contributed by atoms with Gasteiger partial charge in [0.25, 0.3) is 0 Å². The quantitative estimate of drug-likeness (QED) is 0.725. The predicted octanol–water partition coefficient (Wildman–Crippen LogP) is 2.94. The molecule has 6 heteroatoms. The van der Waals surface area contributed by atoms with Gasteiger partial charge in [-0.2, -0.15) is 0 Å². The summed E-state index contributed by atoms with van der Waals surface area (Å²) in [6.07, 6.45) is 2.08. The first-order chi connectivity index (χ1) is 9.58. The number of nitrogens with zero attached hydrogens (tertiary/aromatic N) is 2. The lowest BCUT2D eigenvalue weighted by Crippen LogP contribution is -2.43. The molecule has 0 radical (unpaired) electrons. The summed E-state index contributed by atoms with van der Waals surface area (Å²) in [4.78, 5) is 28.3. The van der Waals surface area contributed by atoms with Crippen LogP contribution in [-0.4, -0.2) is 35.8 Å². The Hall–Kier alpha value is -0.880. The lowest BCUT2D eigenvalue weighted by Gasteiger charge is -2.26. The Labute approximate surface area is 134 Å². The van der Waals surface area contributed by atoms with Crippen molar-refractivity contribution in [3.8, 4) is 0 Å². The zero-order chi connectivity index (χ0) is 14.3. The number of benzene rings is 1. The third kappa shape index (κ3) is 2.39. The first-order valence-electron chi connectivity index (χ1n) is 6.64. The number of halogens is 2. The average molecular weight is 402 g/mol. The second-order valence-corrected chi connectivity index (χ2v) is 6.85. The zero-order valence-corrected chi connectivity index (χ0v) is 14.0. The van der Waals surface area contributed by atoms with Crippen LogP contribution in [0.2, 0.25) is 0 Å². The maximum atomic E-state index is 12.7. The molecular formula is C14H14Br2N2O2. The summed E-state index contributed by atoms with van der Waals surface area (Å²) < 4.78 is 1.81. The lowest BCUT2D eigenvalue weighted by molar-refractivity contribution is -0.135. The summed E-state index contributed by atoms with van der Waals surface area (Å²) in [5, 5.41) is 0. The summed E-state index contributed by atoms with van der Waals surface area (Å²) in [7, 11) is 0. The number of anilines is 1. The largest absolute Gasteiger partial charge is 0.331 e. The minimum Gasteiger partial charge on any atom is -0.331 e. The molecule has 0 saturated carbocycles. The molecule has 2 saturated heterocycles. The number of hydrogen-bond acceptors (Lipinski definition) is 2. The van der Waals surface area contributed by atoms with Crippen LogP contribution in [0.3, 0.4) is 0 Å². The van der Waals surface area contributed by atoms with Crippen molar-refractivity contribution >= 4 is 49.4 Å². The average Bonchev–Trinajstić information content (AvgIpc) is 2.85. The molecule has 0 aliphatic carbocycles. The van der Waals surface area contributed by atoms with Crippen LogP contribution in [0.15, 0.2) is 27.1 Å². The second kappa shape index (κ2) is 5.48. The fourth-order valence-electron chi connectivity index (χ4n) is 2.90. The van der Waals surface area contributed by atoms with Crippen molar-refractivity contribution in [1.29, 1.82) is 0 Å². The Bertz CT molecular complexity index is 576. The van der Waals surface area contributed by atoms with E-state index in [0.29, 0.717) is 19.5 Å². The molecule has 2 aliphatic rings. The van der Waals surface area contributed by atoms with Crippen LogP contribution in [0.5, 0.6) is 0 Å². The van der Waals surface area contributed by atoms with Crippen LogP contribution in [0.4, 0.5) is 5.69 Å². The zero-order valence-electron chi connectivity index (χ0n) is 10.8. The van der Waals surface area contributed by atoms with Crippen LogP contribution >= 0.6 is 31.9 Å². The van der Waals surface area contributed by atoms with E-state index in [-0.39, 0.29) is 17.9 Å². The summed E-state index contributed by atoms with van der Waals surface area (Å²) in [5.41, 5.74) is 0.833. The monoisotopic (exact) mass is 400 g/mol. The molecule has 1 unspecified atom stereocenters. The number of rotatable bonds is 1. The predicted molar refractivity (Wildman–Crippen MR) is 83.5 cm³/mol. The van der Waals surface area contributed by atoms with Crippen molar-refractivity contribution in [3.63, 3.8) is 0 Å². The van der Waals surface area contributed by atoms with Crippen molar-refractivity contribution in [2.75, 3.05) is 18.0 Å². The van der Waals surface area contributed by atoms with Gasteiger partial charge >= 0.3 is 0 Å². The molecule has 2 aliphatic heterocycles. The van der Waals surface area contributed by atoms with Gasteiger partial charge in [0, 0.05) is 28.5 Å². The van der Waals surface area contributed by atoms with E-state index in [1.54, 1.807) is 9.80 Å². The van der Waals surface area contributed by atoms with Gasteiger partial charge in [-0.3, -0.25) is 9.59 Å². The molecule has 1 aromatic rings. The number of fused-ring (bicyclic) bond motifs is 1. The van der Waals surface area contributed by atoms with Gasteiger partial charge in [0.1, 0.15) is 6.04 Å². The van der Waals surface area contributed by atoms with Crippen molar-refractivity contribution in [2.45, 2.75) is 25.3 Å². The third-order valence-corrected chi connectivity index (χ3v) is 5.00. The van der Waals surface area contributed by atoms with Gasteiger partial charge in [0.15, 0.2) is 0 Å². The van der Waals surface area contributed by atoms with E-state index < -0.39 is 0 Å². The standard InChI is InChI=1S/C14H14Br2N2O2/c15-9-3-4-11(10(16)8-9)18-7-5-13(19)17-6-1-2-12(17)14(18)20/h3-4,8,12H,1-2,5-7H2. The highest BCUT2D eigenvalue weighted by atomic mass is 79.9. The van der Waals surface area contributed by atoms with Crippen LogP contribution in [-0.2, 0) is 9.59 Å². The molecule has 20 heavy (non-hydrogen) atoms. The Morgan fingerprint density at radius 2 is 1.95 bits per heavy atom. The molecule has 106 valence electrons. The van der Waals surface area contributed by atoms with E-state index in [1.165, 1.54) is 0 Å². The third-order valence-electron chi connectivity index (χ3n) is 3.87. The Morgan fingerprint density at radius 1 is 1.15 bits per heavy atom. The highest BCUT2D eigenvalue weighted by Crippen LogP contribution is 2.33. The fraction of sp³-hybridized carbons (Fsp3) is 0.429. The van der Waals surface area contributed by atoms with Crippen LogP contribution < -0.4 is 4.90 Å². The molecule has 1 aromatic carbocycles. The maximum absolute atomic E-state index is 12.7. The fourth-order valence-corrected chi connectivity index (χ4v) is 4.16. The minimum absolute atomic E-state index is 0.0383. The Balaban J connectivity index is 1.96. The topological polar surface area (TPSA) is 40.6 Å². The molecule has 0 bridgehead atoms. The summed E-state index contributed by atoms with van der Waals surface area (Å²) in [5.74, 6) is 0.132. The van der Waals surface area contributed by atoms with Crippen LogP contribution in [0.25, 0.3) is 0 Å². The van der Waals surface area contributed by atoms with E-state index in [2.05, 4.69) is 31.9 Å². The summed E-state index contributed by atoms with van der Waals surface area (Å²) >= 11 is 6.91. The number of carbonyl (C=O) groups is 2. The maximum Gasteiger partial charge on any atom is 0.249 e. The number of hydrogen-bond donors (Lipinski definition) is 0. The van der Waals surface area contributed by atoms with Crippen molar-refractivity contribution in [1.82, 2.24) is 4.90 Å². The van der Waals surface area contributed by atoms with Crippen LogP contribution in [0, 0.1) is 0 Å². The minimum atomic E-state index is -0.277. The Kier molecular flexibility index (Phi) is 3.86. The lowest BCUT2D eigenvalue weighted by atomic mass is 10.2.